The number of anilines is 2. The molecule has 3 rings (SSSR count). The minimum atomic E-state index is -0.501. The zero-order valence-electron chi connectivity index (χ0n) is 17.4. The number of methoxy groups -OCH3 is 1. The normalized spacial score (nSPS) is 15.8. The number of carbonyl (C=O) groups excluding carboxylic acids is 3. The monoisotopic (exact) mass is 410 g/mol. The molecule has 1 aliphatic heterocycles. The first-order valence-electron chi connectivity index (χ1n) is 9.96. The first kappa shape index (κ1) is 21.4. The Labute approximate surface area is 176 Å². The van der Waals surface area contributed by atoms with Crippen LogP contribution >= 0.6 is 0 Å². The molecule has 1 N–H and O–H groups in total. The van der Waals surface area contributed by atoms with Crippen LogP contribution in [-0.4, -0.2) is 38.0 Å². The molecule has 2 aromatic carbocycles. The topological polar surface area (TPSA) is 84.9 Å². The molecule has 0 radical (unpaired) electrons. The second-order valence-electron chi connectivity index (χ2n) is 7.29. The van der Waals surface area contributed by atoms with Gasteiger partial charge in [0.1, 0.15) is 5.75 Å². The van der Waals surface area contributed by atoms with Gasteiger partial charge in [-0.15, -0.1) is 0 Å². The standard InChI is InChI=1S/C23H26N2O5/c1-4-10-30-23(28)16-6-5-7-18(12-16)24-22(27)17-13-21(26)25(14-17)19-11-15(2)8-9-20(19)29-3/h5-9,11-12,17H,4,10,13-14H2,1-3H3,(H,24,27). The first-order valence-corrected chi connectivity index (χ1v) is 9.96. The van der Waals surface area contributed by atoms with Crippen LogP contribution in [0.2, 0.25) is 0 Å². The molecule has 2 aromatic rings. The van der Waals surface area contributed by atoms with Crippen molar-refractivity contribution < 1.29 is 23.9 Å². The van der Waals surface area contributed by atoms with E-state index in [2.05, 4.69) is 5.32 Å². The lowest BCUT2D eigenvalue weighted by Crippen LogP contribution is -2.28. The lowest BCUT2D eigenvalue weighted by molar-refractivity contribution is -0.122. The molecule has 1 unspecified atom stereocenters. The summed E-state index contributed by atoms with van der Waals surface area (Å²) in [5.74, 6) is -0.735. The van der Waals surface area contributed by atoms with Gasteiger partial charge in [0.05, 0.1) is 30.9 Å². The van der Waals surface area contributed by atoms with Crippen molar-refractivity contribution >= 4 is 29.2 Å². The fourth-order valence-electron chi connectivity index (χ4n) is 3.37. The summed E-state index contributed by atoms with van der Waals surface area (Å²) >= 11 is 0. The van der Waals surface area contributed by atoms with Gasteiger partial charge in [-0.1, -0.05) is 19.1 Å². The Morgan fingerprint density at radius 2 is 2.00 bits per heavy atom. The minimum absolute atomic E-state index is 0.112. The van der Waals surface area contributed by atoms with Crippen molar-refractivity contribution in [3.8, 4) is 5.75 Å². The summed E-state index contributed by atoms with van der Waals surface area (Å²) in [6.45, 7) is 4.47. The fourth-order valence-corrected chi connectivity index (χ4v) is 3.37. The molecule has 0 aliphatic carbocycles. The van der Waals surface area contributed by atoms with Crippen LogP contribution in [0.4, 0.5) is 11.4 Å². The average Bonchev–Trinajstić information content (AvgIpc) is 3.13. The van der Waals surface area contributed by atoms with E-state index in [0.29, 0.717) is 29.3 Å². The number of nitrogens with zero attached hydrogens (tertiary/aromatic N) is 1. The van der Waals surface area contributed by atoms with E-state index >= 15 is 0 Å². The summed E-state index contributed by atoms with van der Waals surface area (Å²) in [6.07, 6.45) is 0.848. The Kier molecular flexibility index (Phi) is 6.72. The van der Waals surface area contributed by atoms with Crippen molar-refractivity contribution in [3.05, 3.63) is 53.6 Å². The highest BCUT2D eigenvalue weighted by Crippen LogP contribution is 2.34. The molecule has 0 spiro atoms. The van der Waals surface area contributed by atoms with Gasteiger partial charge in [-0.3, -0.25) is 9.59 Å². The molecule has 1 heterocycles. The Hall–Kier alpha value is -3.35. The van der Waals surface area contributed by atoms with Crippen LogP contribution in [0, 0.1) is 12.8 Å². The molecular weight excluding hydrogens is 384 g/mol. The number of benzene rings is 2. The third-order valence-corrected chi connectivity index (χ3v) is 4.92. The highest BCUT2D eigenvalue weighted by Gasteiger charge is 2.36. The van der Waals surface area contributed by atoms with Gasteiger partial charge in [0, 0.05) is 18.7 Å². The van der Waals surface area contributed by atoms with E-state index < -0.39 is 11.9 Å². The van der Waals surface area contributed by atoms with E-state index in [1.165, 1.54) is 0 Å². The van der Waals surface area contributed by atoms with Crippen molar-refractivity contribution in [1.29, 1.82) is 0 Å². The van der Waals surface area contributed by atoms with E-state index in [1.54, 1.807) is 36.3 Å². The number of rotatable bonds is 7. The van der Waals surface area contributed by atoms with Crippen LogP contribution in [0.1, 0.15) is 35.7 Å². The van der Waals surface area contributed by atoms with E-state index in [0.717, 1.165) is 12.0 Å². The zero-order valence-corrected chi connectivity index (χ0v) is 17.4. The highest BCUT2D eigenvalue weighted by molar-refractivity contribution is 6.04. The highest BCUT2D eigenvalue weighted by atomic mass is 16.5. The summed E-state index contributed by atoms with van der Waals surface area (Å²) < 4.78 is 10.5. The summed E-state index contributed by atoms with van der Waals surface area (Å²) in [4.78, 5) is 39.0. The first-order chi connectivity index (χ1) is 14.4. The van der Waals surface area contributed by atoms with Crippen molar-refractivity contribution in [3.63, 3.8) is 0 Å². The van der Waals surface area contributed by atoms with Crippen LogP contribution in [0.3, 0.4) is 0 Å². The maximum absolute atomic E-state index is 12.8. The third-order valence-electron chi connectivity index (χ3n) is 4.92. The van der Waals surface area contributed by atoms with Crippen LogP contribution in [0.5, 0.6) is 5.75 Å². The SMILES string of the molecule is CCCOC(=O)c1cccc(NC(=O)C2CC(=O)N(c3cc(C)ccc3OC)C2)c1. The number of aryl methyl sites for hydroxylation is 1. The second-order valence-corrected chi connectivity index (χ2v) is 7.29. The van der Waals surface area contributed by atoms with Crippen molar-refractivity contribution in [1.82, 2.24) is 0 Å². The summed E-state index contributed by atoms with van der Waals surface area (Å²) in [7, 11) is 1.55. The number of hydrogen-bond acceptors (Lipinski definition) is 5. The van der Waals surface area contributed by atoms with Crippen LogP contribution in [0.15, 0.2) is 42.5 Å². The maximum Gasteiger partial charge on any atom is 0.338 e. The van der Waals surface area contributed by atoms with Gasteiger partial charge in [-0.2, -0.15) is 0 Å². The van der Waals surface area contributed by atoms with Crippen LogP contribution in [-0.2, 0) is 14.3 Å². The number of esters is 1. The number of hydrogen-bond donors (Lipinski definition) is 1. The van der Waals surface area contributed by atoms with Crippen molar-refractivity contribution in [2.24, 2.45) is 5.92 Å². The molecule has 30 heavy (non-hydrogen) atoms. The molecule has 158 valence electrons. The van der Waals surface area contributed by atoms with Crippen molar-refractivity contribution in [2.45, 2.75) is 26.7 Å². The quantitative estimate of drug-likeness (QED) is 0.706. The molecule has 0 bridgehead atoms. The molecule has 1 fully saturated rings. The van der Waals surface area contributed by atoms with E-state index in [4.69, 9.17) is 9.47 Å². The maximum atomic E-state index is 12.8. The van der Waals surface area contributed by atoms with E-state index in [-0.39, 0.29) is 24.8 Å². The van der Waals surface area contributed by atoms with Gasteiger partial charge in [-0.05, 0) is 49.2 Å². The molecule has 1 aliphatic rings. The molecule has 1 atom stereocenters. The third kappa shape index (κ3) is 4.79. The van der Waals surface area contributed by atoms with Gasteiger partial charge in [0.2, 0.25) is 11.8 Å². The Balaban J connectivity index is 1.70. The molecule has 7 heteroatoms. The summed E-state index contributed by atoms with van der Waals surface area (Å²) in [5, 5.41) is 2.81. The van der Waals surface area contributed by atoms with Gasteiger partial charge in [0.15, 0.2) is 0 Å². The van der Waals surface area contributed by atoms with Gasteiger partial charge in [-0.25, -0.2) is 4.79 Å². The molecule has 2 amide bonds. The average molecular weight is 410 g/mol. The second kappa shape index (κ2) is 9.43. The molecular formula is C23H26N2O5. The Morgan fingerprint density at radius 1 is 1.20 bits per heavy atom. The lowest BCUT2D eigenvalue weighted by atomic mass is 10.1. The smallest absolute Gasteiger partial charge is 0.338 e. The summed E-state index contributed by atoms with van der Waals surface area (Å²) in [6, 6.07) is 12.2. The fraction of sp³-hybridized carbons (Fsp3) is 0.348. The predicted octanol–water partition coefficient (Wildman–Crippen LogP) is 3.56. The largest absolute Gasteiger partial charge is 0.495 e. The van der Waals surface area contributed by atoms with E-state index in [1.807, 2.05) is 32.0 Å². The Morgan fingerprint density at radius 3 is 2.73 bits per heavy atom. The van der Waals surface area contributed by atoms with Gasteiger partial charge in [0.25, 0.3) is 0 Å². The van der Waals surface area contributed by atoms with Crippen LogP contribution < -0.4 is 15.0 Å². The molecule has 7 nitrogen and oxygen atoms in total. The lowest BCUT2D eigenvalue weighted by Gasteiger charge is -2.20. The molecule has 1 saturated heterocycles. The Bertz CT molecular complexity index is 956. The number of carbonyl (C=O) groups is 3. The molecule has 0 saturated carbocycles. The van der Waals surface area contributed by atoms with E-state index in [9.17, 15) is 14.4 Å². The number of amides is 2. The molecule has 0 aromatic heterocycles. The predicted molar refractivity (Wildman–Crippen MR) is 114 cm³/mol. The van der Waals surface area contributed by atoms with Crippen molar-refractivity contribution in [2.75, 3.05) is 30.5 Å². The zero-order chi connectivity index (χ0) is 21.7. The van der Waals surface area contributed by atoms with Gasteiger partial charge >= 0.3 is 5.97 Å². The summed E-state index contributed by atoms with van der Waals surface area (Å²) in [5.41, 5.74) is 2.52. The number of ether oxygens (including phenoxy) is 2. The minimum Gasteiger partial charge on any atom is -0.495 e. The van der Waals surface area contributed by atoms with Crippen LogP contribution in [0.25, 0.3) is 0 Å². The van der Waals surface area contributed by atoms with Gasteiger partial charge < -0.3 is 19.7 Å². The number of nitrogens with one attached hydrogen (secondary N) is 1.